The van der Waals surface area contributed by atoms with E-state index in [1.807, 2.05) is 36.4 Å². The number of nitrogens with zero attached hydrogens (tertiary/aromatic N) is 2. The fourth-order valence-corrected chi connectivity index (χ4v) is 3.30. The second-order valence-corrected chi connectivity index (χ2v) is 6.54. The summed E-state index contributed by atoms with van der Waals surface area (Å²) in [6.45, 7) is 0.173. The molecular weight excluding hydrogens is 370 g/mol. The van der Waals surface area contributed by atoms with Crippen LogP contribution in [-0.4, -0.2) is 23.7 Å². The van der Waals surface area contributed by atoms with Crippen molar-refractivity contribution in [3.05, 3.63) is 94.1 Å². The fraction of sp³-hybridized carbons (Fsp3) is 0.182. The van der Waals surface area contributed by atoms with E-state index in [2.05, 4.69) is 11.4 Å². The summed E-state index contributed by atoms with van der Waals surface area (Å²) in [6, 6.07) is 16.8. The van der Waals surface area contributed by atoms with Gasteiger partial charge in [-0.25, -0.2) is 5.32 Å². The van der Waals surface area contributed by atoms with Crippen molar-refractivity contribution in [2.75, 3.05) is 7.11 Å². The van der Waals surface area contributed by atoms with E-state index in [0.29, 0.717) is 5.56 Å². The predicted octanol–water partition coefficient (Wildman–Crippen LogP) is 3.20. The second kappa shape index (κ2) is 8.50. The molecule has 7 heteroatoms. The van der Waals surface area contributed by atoms with Crippen molar-refractivity contribution in [1.82, 2.24) is 5.32 Å². The van der Waals surface area contributed by atoms with E-state index in [0.717, 1.165) is 16.7 Å². The Morgan fingerprint density at radius 3 is 2.62 bits per heavy atom. The van der Waals surface area contributed by atoms with Gasteiger partial charge in [0.1, 0.15) is 0 Å². The fourth-order valence-electron chi connectivity index (χ4n) is 3.30. The van der Waals surface area contributed by atoms with Gasteiger partial charge in [-0.15, -0.1) is 0 Å². The molecule has 0 bridgehead atoms. The molecule has 0 saturated carbocycles. The van der Waals surface area contributed by atoms with Crippen LogP contribution in [0.2, 0.25) is 0 Å². The molecule has 1 N–H and O–H groups in total. The average molecular weight is 389 g/mol. The minimum absolute atomic E-state index is 0.173. The van der Waals surface area contributed by atoms with Gasteiger partial charge in [0.2, 0.25) is 0 Å². The SMILES string of the molecule is COC(=O)C1C=CC=CC1(NCc1ccc(-c2ccccc2C#N)cc1)[N+](=O)[O-]. The number of benzene rings is 2. The Kier molecular flexibility index (Phi) is 5.86. The zero-order valence-electron chi connectivity index (χ0n) is 15.7. The molecule has 1 aliphatic carbocycles. The number of ether oxygens (including phenoxy) is 1. The zero-order valence-corrected chi connectivity index (χ0v) is 15.7. The van der Waals surface area contributed by atoms with Crippen molar-refractivity contribution in [3.63, 3.8) is 0 Å². The predicted molar refractivity (Wildman–Crippen MR) is 107 cm³/mol. The highest BCUT2D eigenvalue weighted by Crippen LogP contribution is 2.28. The minimum Gasteiger partial charge on any atom is -0.468 e. The molecule has 0 fully saturated rings. The lowest BCUT2D eigenvalue weighted by Gasteiger charge is -2.29. The first-order valence-corrected chi connectivity index (χ1v) is 8.93. The molecule has 2 aromatic rings. The molecule has 0 amide bonds. The second-order valence-electron chi connectivity index (χ2n) is 6.54. The maximum Gasteiger partial charge on any atom is 0.321 e. The first-order valence-electron chi connectivity index (χ1n) is 8.93. The lowest BCUT2D eigenvalue weighted by atomic mass is 9.88. The van der Waals surface area contributed by atoms with Crippen LogP contribution in [-0.2, 0) is 16.1 Å². The van der Waals surface area contributed by atoms with E-state index in [4.69, 9.17) is 4.74 Å². The van der Waals surface area contributed by atoms with E-state index in [1.165, 1.54) is 25.3 Å². The van der Waals surface area contributed by atoms with Gasteiger partial charge in [0.05, 0.1) is 18.7 Å². The summed E-state index contributed by atoms with van der Waals surface area (Å²) >= 11 is 0. The molecule has 7 nitrogen and oxygen atoms in total. The Hall–Kier alpha value is -3.76. The molecule has 29 heavy (non-hydrogen) atoms. The zero-order chi connectivity index (χ0) is 20.9. The Bertz CT molecular complexity index is 1020. The highest BCUT2D eigenvalue weighted by molar-refractivity contribution is 5.77. The van der Waals surface area contributed by atoms with Crippen LogP contribution in [0.5, 0.6) is 0 Å². The molecule has 1 aliphatic rings. The maximum absolute atomic E-state index is 12.1. The van der Waals surface area contributed by atoms with Crippen molar-refractivity contribution in [3.8, 4) is 17.2 Å². The number of allylic oxidation sites excluding steroid dienone is 2. The highest BCUT2D eigenvalue weighted by Gasteiger charge is 2.52. The average Bonchev–Trinajstić information content (AvgIpc) is 2.77. The van der Waals surface area contributed by atoms with E-state index >= 15 is 0 Å². The number of carbonyl (C=O) groups is 1. The van der Waals surface area contributed by atoms with Gasteiger partial charge in [0.25, 0.3) is 0 Å². The maximum atomic E-state index is 12.1. The Morgan fingerprint density at radius 2 is 1.97 bits per heavy atom. The number of methoxy groups -OCH3 is 1. The molecule has 3 rings (SSSR count). The normalized spacial score (nSPS) is 20.1. The lowest BCUT2D eigenvalue weighted by molar-refractivity contribution is -0.569. The van der Waals surface area contributed by atoms with Crippen LogP contribution < -0.4 is 5.32 Å². The largest absolute Gasteiger partial charge is 0.468 e. The molecule has 2 atom stereocenters. The van der Waals surface area contributed by atoms with E-state index in [9.17, 15) is 20.2 Å². The van der Waals surface area contributed by atoms with Gasteiger partial charge < -0.3 is 4.74 Å². The van der Waals surface area contributed by atoms with Crippen LogP contribution >= 0.6 is 0 Å². The Labute approximate surface area is 168 Å². The van der Waals surface area contributed by atoms with Gasteiger partial charge in [-0.3, -0.25) is 14.9 Å². The quantitative estimate of drug-likeness (QED) is 0.352. The Morgan fingerprint density at radius 1 is 1.24 bits per heavy atom. The van der Waals surface area contributed by atoms with Crippen LogP contribution in [0.3, 0.4) is 0 Å². The molecule has 0 spiro atoms. The number of hydrogen-bond acceptors (Lipinski definition) is 6. The summed E-state index contributed by atoms with van der Waals surface area (Å²) in [5.41, 5.74) is 1.29. The van der Waals surface area contributed by atoms with E-state index in [-0.39, 0.29) is 6.54 Å². The number of nitrogens with one attached hydrogen (secondary N) is 1. The smallest absolute Gasteiger partial charge is 0.321 e. The molecule has 146 valence electrons. The van der Waals surface area contributed by atoms with Crippen molar-refractivity contribution in [1.29, 1.82) is 5.26 Å². The third-order valence-electron chi connectivity index (χ3n) is 4.88. The highest BCUT2D eigenvalue weighted by atomic mass is 16.6. The summed E-state index contributed by atoms with van der Waals surface area (Å²) in [5.74, 6) is -1.76. The molecule has 0 saturated heterocycles. The van der Waals surface area contributed by atoms with Crippen LogP contribution in [0.15, 0.2) is 72.8 Å². The van der Waals surface area contributed by atoms with Gasteiger partial charge >= 0.3 is 11.6 Å². The van der Waals surface area contributed by atoms with E-state index in [1.54, 1.807) is 18.2 Å². The monoisotopic (exact) mass is 389 g/mol. The molecule has 2 aromatic carbocycles. The van der Waals surface area contributed by atoms with Gasteiger partial charge in [-0.1, -0.05) is 60.7 Å². The molecule has 2 unspecified atom stereocenters. The number of nitriles is 1. The van der Waals surface area contributed by atoms with Crippen LogP contribution in [0.25, 0.3) is 11.1 Å². The number of rotatable bonds is 6. The number of nitro groups is 1. The number of hydrogen-bond donors (Lipinski definition) is 1. The third-order valence-corrected chi connectivity index (χ3v) is 4.88. The van der Waals surface area contributed by atoms with Gasteiger partial charge in [0, 0.05) is 17.5 Å². The minimum atomic E-state index is -1.78. The summed E-state index contributed by atoms with van der Waals surface area (Å²) in [4.78, 5) is 23.4. The van der Waals surface area contributed by atoms with Crippen molar-refractivity contribution in [2.24, 2.45) is 5.92 Å². The topological polar surface area (TPSA) is 105 Å². The van der Waals surface area contributed by atoms with Crippen LogP contribution in [0.1, 0.15) is 11.1 Å². The summed E-state index contributed by atoms with van der Waals surface area (Å²) in [5, 5.41) is 24.0. The van der Waals surface area contributed by atoms with Crippen LogP contribution in [0, 0.1) is 27.4 Å². The number of carbonyl (C=O) groups excluding carboxylic acids is 1. The summed E-state index contributed by atoms with van der Waals surface area (Å²) in [7, 11) is 1.21. The third kappa shape index (κ3) is 3.93. The lowest BCUT2D eigenvalue weighted by Crippen LogP contribution is -2.58. The van der Waals surface area contributed by atoms with Gasteiger partial charge in [-0.05, 0) is 22.8 Å². The van der Waals surface area contributed by atoms with Crippen molar-refractivity contribution >= 4 is 5.97 Å². The van der Waals surface area contributed by atoms with Gasteiger partial charge in [-0.2, -0.15) is 5.26 Å². The van der Waals surface area contributed by atoms with Crippen molar-refractivity contribution < 1.29 is 14.5 Å². The standard InChI is InChI=1S/C22H19N3O4/c1-29-21(26)20-8-4-5-13-22(20,25(27)28)24-15-16-9-11-17(12-10-16)19-7-3-2-6-18(19)14-23/h2-13,20,24H,15H2,1H3. The molecule has 0 radical (unpaired) electrons. The Balaban J connectivity index is 1.82. The molecule has 0 aromatic heterocycles. The van der Waals surface area contributed by atoms with Gasteiger partial charge in [0.15, 0.2) is 5.92 Å². The number of esters is 1. The molecule has 0 heterocycles. The molecule has 0 aliphatic heterocycles. The first kappa shape index (κ1) is 20.0. The van der Waals surface area contributed by atoms with E-state index < -0.39 is 22.5 Å². The molecular formula is C22H19N3O4. The van der Waals surface area contributed by atoms with Crippen molar-refractivity contribution in [2.45, 2.75) is 12.2 Å². The summed E-state index contributed by atoms with van der Waals surface area (Å²) < 4.78 is 4.74. The van der Waals surface area contributed by atoms with Crippen LogP contribution in [0.4, 0.5) is 0 Å². The summed E-state index contributed by atoms with van der Waals surface area (Å²) in [6.07, 6.45) is 5.96. The first-order chi connectivity index (χ1) is 14.0.